The number of nitrogens with two attached hydrogens (primary N) is 1. The van der Waals surface area contributed by atoms with Crippen LogP contribution in [0.4, 0.5) is 5.69 Å². The summed E-state index contributed by atoms with van der Waals surface area (Å²) in [4.78, 5) is 16.8. The van der Waals surface area contributed by atoms with Gasteiger partial charge >= 0.3 is 5.97 Å². The number of carbonyl (C=O) groups is 1. The molecule has 8 heteroatoms. The van der Waals surface area contributed by atoms with E-state index in [-0.39, 0.29) is 4.88 Å². The van der Waals surface area contributed by atoms with Crippen LogP contribution in [0, 0.1) is 13.8 Å². The molecule has 0 aliphatic rings. The molecule has 0 amide bonds. The van der Waals surface area contributed by atoms with E-state index in [0.29, 0.717) is 5.69 Å². The van der Waals surface area contributed by atoms with E-state index in [9.17, 15) is 4.79 Å². The number of aryl methyl sites for hydroxylation is 2. The van der Waals surface area contributed by atoms with Crippen LogP contribution in [0.1, 0.15) is 20.8 Å². The fourth-order valence-corrected chi connectivity index (χ4v) is 3.24. The summed E-state index contributed by atoms with van der Waals surface area (Å²) in [6.45, 7) is 4.13. The van der Waals surface area contributed by atoms with E-state index < -0.39 is 5.97 Å². The predicted octanol–water partition coefficient (Wildman–Crippen LogP) is 4.81. The highest BCUT2D eigenvalue weighted by molar-refractivity contribution is 7.80. The van der Waals surface area contributed by atoms with Crippen molar-refractivity contribution in [2.24, 2.45) is 0 Å². The summed E-state index contributed by atoms with van der Waals surface area (Å²) < 4.78 is 0. The lowest BCUT2D eigenvalue weighted by atomic mass is 10.2. The van der Waals surface area contributed by atoms with Gasteiger partial charge in [0.15, 0.2) is 0 Å². The van der Waals surface area contributed by atoms with E-state index >= 15 is 0 Å². The van der Waals surface area contributed by atoms with Gasteiger partial charge in [-0.1, -0.05) is 53.7 Å². The van der Waals surface area contributed by atoms with E-state index in [0.717, 1.165) is 15.3 Å². The number of thiol groups is 1. The summed E-state index contributed by atoms with van der Waals surface area (Å²) in [6, 6.07) is 17.5. The Morgan fingerprint density at radius 1 is 1.14 bits per heavy atom. The molecule has 0 saturated carbocycles. The number of hydrogen-bond acceptors (Lipinski definition) is 7. The molecule has 1 aromatic heterocycles. The van der Waals surface area contributed by atoms with Crippen LogP contribution in [-0.2, 0) is 4.84 Å². The highest BCUT2D eigenvalue weighted by Gasteiger charge is 2.13. The molecule has 3 rings (SSSR count). The van der Waals surface area contributed by atoms with Gasteiger partial charge in [-0.05, 0) is 37.1 Å². The van der Waals surface area contributed by atoms with E-state index in [1.54, 1.807) is 6.07 Å². The number of rotatable bonds is 3. The summed E-state index contributed by atoms with van der Waals surface area (Å²) in [7, 11) is 1.32. The first-order valence-corrected chi connectivity index (χ1v) is 9.42. The van der Waals surface area contributed by atoms with Gasteiger partial charge in [-0.15, -0.1) is 24.0 Å². The first-order valence-electron chi connectivity index (χ1n) is 8.16. The van der Waals surface area contributed by atoms with Crippen LogP contribution in [-0.4, -0.2) is 23.4 Å². The van der Waals surface area contributed by atoms with Crippen LogP contribution >= 0.6 is 24.0 Å². The minimum atomic E-state index is -0.973. The summed E-state index contributed by atoms with van der Waals surface area (Å²) in [5.41, 5.74) is 10.9. The number of thiophene rings is 1. The number of hydrogen-bond donors (Lipinski definition) is 5. The van der Waals surface area contributed by atoms with E-state index in [4.69, 9.17) is 16.0 Å². The number of carboxylic acids is 1. The van der Waals surface area contributed by atoms with Gasteiger partial charge in [0.1, 0.15) is 4.88 Å². The second-order valence-corrected chi connectivity index (χ2v) is 7.19. The number of anilines is 1. The number of aromatic carboxylic acids is 1. The van der Waals surface area contributed by atoms with Gasteiger partial charge in [-0.25, -0.2) is 4.79 Å². The van der Waals surface area contributed by atoms with Crippen molar-refractivity contribution in [2.45, 2.75) is 18.7 Å². The van der Waals surface area contributed by atoms with Crippen molar-refractivity contribution in [2.75, 3.05) is 12.8 Å². The number of nitrogen functional groups attached to an aromatic ring is 1. The molecule has 5 N–H and O–H groups in total. The Morgan fingerprint density at radius 2 is 1.75 bits per heavy atom. The molecular formula is C20H24N2O4S2. The molecule has 1 heterocycles. The molecule has 0 saturated heterocycles. The fourth-order valence-electron chi connectivity index (χ4n) is 2.04. The molecule has 2 aromatic carbocycles. The summed E-state index contributed by atoms with van der Waals surface area (Å²) in [5.74, 6) is -0.973. The Morgan fingerprint density at radius 3 is 2.18 bits per heavy atom. The SMILES string of the molecule is CONO.Cc1ccc(C)c(S)c1.Nc1cc(-c2ccccc2)sc1C(=O)O. The van der Waals surface area contributed by atoms with Gasteiger partial charge in [0, 0.05) is 9.77 Å². The fraction of sp³-hybridized carbons (Fsp3) is 0.150. The van der Waals surface area contributed by atoms with Crippen molar-refractivity contribution in [3.05, 3.63) is 70.6 Å². The molecule has 0 unspecified atom stereocenters. The number of carboxylic acid groups (broad SMARTS) is 1. The van der Waals surface area contributed by atoms with Gasteiger partial charge in [0.2, 0.25) is 0 Å². The number of nitrogens with one attached hydrogen (secondary N) is 1. The van der Waals surface area contributed by atoms with Crippen molar-refractivity contribution < 1.29 is 19.9 Å². The van der Waals surface area contributed by atoms with Crippen molar-refractivity contribution in [1.29, 1.82) is 0 Å². The topological polar surface area (TPSA) is 105 Å². The van der Waals surface area contributed by atoms with Gasteiger partial charge in [0.25, 0.3) is 0 Å². The largest absolute Gasteiger partial charge is 0.477 e. The zero-order chi connectivity index (χ0) is 21.1. The normalized spacial score (nSPS) is 9.61. The first-order chi connectivity index (χ1) is 13.3. The van der Waals surface area contributed by atoms with E-state index in [1.807, 2.05) is 30.3 Å². The lowest BCUT2D eigenvalue weighted by Gasteiger charge is -1.97. The molecule has 0 spiro atoms. The molecule has 0 aliphatic heterocycles. The predicted molar refractivity (Wildman–Crippen MR) is 116 cm³/mol. The van der Waals surface area contributed by atoms with Gasteiger partial charge in [-0.2, -0.15) is 0 Å². The summed E-state index contributed by atoms with van der Waals surface area (Å²) in [6.07, 6.45) is 0. The Labute approximate surface area is 173 Å². The Bertz CT molecular complexity index is 881. The maximum absolute atomic E-state index is 10.8. The molecule has 0 fully saturated rings. The van der Waals surface area contributed by atoms with E-state index in [1.165, 1.54) is 35.2 Å². The second-order valence-electron chi connectivity index (χ2n) is 5.65. The zero-order valence-electron chi connectivity index (χ0n) is 15.8. The lowest BCUT2D eigenvalue weighted by molar-refractivity contribution is -0.101. The van der Waals surface area contributed by atoms with Crippen molar-refractivity contribution in [1.82, 2.24) is 5.64 Å². The average molecular weight is 421 g/mol. The average Bonchev–Trinajstić information content (AvgIpc) is 3.08. The van der Waals surface area contributed by atoms with Crippen LogP contribution in [0.5, 0.6) is 0 Å². The van der Waals surface area contributed by atoms with Gasteiger partial charge in [0.05, 0.1) is 12.8 Å². The van der Waals surface area contributed by atoms with Crippen molar-refractivity contribution >= 4 is 35.6 Å². The zero-order valence-corrected chi connectivity index (χ0v) is 17.6. The quantitative estimate of drug-likeness (QED) is 0.307. The first kappa shape index (κ1) is 23.7. The Balaban J connectivity index is 0.000000256. The lowest BCUT2D eigenvalue weighted by Crippen LogP contribution is -2.01. The highest BCUT2D eigenvalue weighted by atomic mass is 32.1. The second kappa shape index (κ2) is 12.2. The minimum Gasteiger partial charge on any atom is -0.477 e. The molecule has 0 atom stereocenters. The van der Waals surface area contributed by atoms with E-state index in [2.05, 4.69) is 49.5 Å². The Kier molecular flexibility index (Phi) is 10.3. The monoisotopic (exact) mass is 420 g/mol. The smallest absolute Gasteiger partial charge is 0.348 e. The third-order valence-corrected chi connectivity index (χ3v) is 5.14. The van der Waals surface area contributed by atoms with Crippen LogP contribution in [0.25, 0.3) is 10.4 Å². The molecule has 28 heavy (non-hydrogen) atoms. The van der Waals surface area contributed by atoms with Crippen molar-refractivity contribution in [3.63, 3.8) is 0 Å². The summed E-state index contributed by atoms with van der Waals surface area (Å²) >= 11 is 5.46. The maximum atomic E-state index is 10.8. The third kappa shape index (κ3) is 7.71. The van der Waals surface area contributed by atoms with Crippen LogP contribution < -0.4 is 11.4 Å². The van der Waals surface area contributed by atoms with Crippen LogP contribution in [0.3, 0.4) is 0 Å². The number of benzene rings is 2. The standard InChI is InChI=1S/C11H9NO2S.C8H10S.CH5NO2/c12-8-6-9(15-10(8)11(13)14)7-4-2-1-3-5-7;1-6-3-4-7(2)8(9)5-6;1-4-2-3/h1-6H,12H2,(H,13,14);3-5,9H,1-2H3;2-3H,1H3. The molecule has 0 aliphatic carbocycles. The molecule has 3 aromatic rings. The van der Waals surface area contributed by atoms with Crippen LogP contribution in [0.2, 0.25) is 0 Å². The molecule has 0 radical (unpaired) electrons. The maximum Gasteiger partial charge on any atom is 0.348 e. The van der Waals surface area contributed by atoms with Gasteiger partial charge < -0.3 is 10.8 Å². The van der Waals surface area contributed by atoms with Crippen molar-refractivity contribution in [3.8, 4) is 10.4 Å². The molecular weight excluding hydrogens is 396 g/mol. The van der Waals surface area contributed by atoms with Gasteiger partial charge in [-0.3, -0.25) is 10.0 Å². The third-order valence-electron chi connectivity index (χ3n) is 3.47. The molecule has 6 nitrogen and oxygen atoms in total. The Hall–Kier alpha value is -2.36. The highest BCUT2D eigenvalue weighted by Crippen LogP contribution is 2.32. The summed E-state index contributed by atoms with van der Waals surface area (Å²) in [5, 5.41) is 16.3. The minimum absolute atomic E-state index is 0.203. The molecule has 0 bridgehead atoms. The molecule has 150 valence electrons. The van der Waals surface area contributed by atoms with Crippen LogP contribution in [0.15, 0.2) is 59.5 Å².